The molecule has 5 nitrogen and oxygen atoms in total. The van der Waals surface area contributed by atoms with E-state index in [0.717, 1.165) is 40.6 Å². The van der Waals surface area contributed by atoms with E-state index < -0.39 is 0 Å². The van der Waals surface area contributed by atoms with E-state index in [-0.39, 0.29) is 27.1 Å². The Labute approximate surface area is 441 Å². The summed E-state index contributed by atoms with van der Waals surface area (Å²) in [7, 11) is 0. The second-order valence-corrected chi connectivity index (χ2v) is 26.6. The fourth-order valence-corrected chi connectivity index (χ4v) is 11.8. The Morgan fingerprint density at radius 2 is 1.04 bits per heavy atom. The molecular weight excluding hydrogens is 899 g/mol. The predicted octanol–water partition coefficient (Wildman–Crippen LogP) is 19.2. The van der Waals surface area contributed by atoms with Crippen molar-refractivity contribution in [1.82, 2.24) is 18.5 Å². The van der Waals surface area contributed by atoms with Crippen LogP contribution in [-0.4, -0.2) is 16.2 Å². The first-order valence-electron chi connectivity index (χ1n) is 26.8. The molecule has 0 aliphatic carbocycles. The number of benzene rings is 7. The zero-order valence-corrected chi connectivity index (χ0v) is 46.7. The van der Waals surface area contributed by atoms with E-state index in [1.165, 1.54) is 72.5 Å². The first kappa shape index (κ1) is 49.4. The molecule has 74 heavy (non-hydrogen) atoms. The molecule has 9 aromatic rings. The van der Waals surface area contributed by atoms with Crippen LogP contribution in [0.15, 0.2) is 170 Å². The van der Waals surface area contributed by atoms with Crippen molar-refractivity contribution in [1.29, 1.82) is 0 Å². The molecule has 0 radical (unpaired) electrons. The average molecular weight is 975 g/mol. The number of quaternary nitrogens is 2. The van der Waals surface area contributed by atoms with E-state index >= 15 is 0 Å². The maximum Gasteiger partial charge on any atom is 0.188 e. The van der Waals surface area contributed by atoms with E-state index in [9.17, 15) is 0 Å². The monoisotopic (exact) mass is 975 g/mol. The quantitative estimate of drug-likeness (QED) is 0.117. The molecule has 1 fully saturated rings. The highest BCUT2D eigenvalue weighted by molar-refractivity contribution is 6.10. The SMILES string of the molecule is CC(C)(C)c1cccc(-c2cccc3c2[N@@+]2(c4cc(C(C)(C)C)cc(C(C)(C)C)c4)[CH-][N@+]3(c3cc(N(c4ccccc4)c4ccc5c6ccccc6n(-c6cc(C(C)(C)C)ccn6)c5c4)ccc3C(C)(C)C)C2)c1. The van der Waals surface area contributed by atoms with E-state index in [0.29, 0.717) is 8.97 Å². The molecule has 0 unspecified atom stereocenters. The number of nitrogens with zero attached hydrogens (tertiary/aromatic N) is 5. The molecule has 0 saturated carbocycles. The van der Waals surface area contributed by atoms with Crippen molar-refractivity contribution in [3.8, 4) is 16.9 Å². The molecule has 3 aliphatic heterocycles. The van der Waals surface area contributed by atoms with Gasteiger partial charge in [-0.2, -0.15) is 0 Å². The summed E-state index contributed by atoms with van der Waals surface area (Å²) in [4.78, 5) is 7.51. The number of pyridine rings is 1. The summed E-state index contributed by atoms with van der Waals surface area (Å²) >= 11 is 0. The van der Waals surface area contributed by atoms with Crippen molar-refractivity contribution in [3.63, 3.8) is 0 Å². The molecule has 5 heteroatoms. The largest absolute Gasteiger partial charge is 0.310 e. The van der Waals surface area contributed by atoms with Crippen LogP contribution in [0.1, 0.15) is 132 Å². The van der Waals surface area contributed by atoms with Crippen LogP contribution in [0, 0.1) is 6.67 Å². The summed E-state index contributed by atoms with van der Waals surface area (Å²) in [5, 5.41) is 2.42. The van der Waals surface area contributed by atoms with Crippen LogP contribution in [0.25, 0.3) is 38.8 Å². The van der Waals surface area contributed by atoms with Gasteiger partial charge < -0.3 is 4.90 Å². The molecule has 0 amide bonds. The highest BCUT2D eigenvalue weighted by Crippen LogP contribution is 2.69. The molecule has 7 aromatic carbocycles. The minimum absolute atomic E-state index is 0.0106. The van der Waals surface area contributed by atoms with Crippen molar-refractivity contribution < 1.29 is 0 Å². The number of anilines is 3. The number of fused-ring (bicyclic) bond motifs is 3. The van der Waals surface area contributed by atoms with Gasteiger partial charge in [0.2, 0.25) is 0 Å². The number of para-hydroxylation sites is 3. The molecule has 2 bridgehead atoms. The Balaban J connectivity index is 1.16. The van der Waals surface area contributed by atoms with Crippen LogP contribution in [0.5, 0.6) is 0 Å². The lowest BCUT2D eigenvalue weighted by atomic mass is 9.80. The Bertz CT molecular complexity index is 3610. The number of aromatic nitrogens is 2. The molecular formula is C69H76N5+. The molecule has 2 aromatic heterocycles. The van der Waals surface area contributed by atoms with Gasteiger partial charge in [0.05, 0.1) is 23.4 Å². The smallest absolute Gasteiger partial charge is 0.188 e. The highest BCUT2D eigenvalue weighted by atomic mass is 15.8. The molecule has 5 heterocycles. The summed E-state index contributed by atoms with van der Waals surface area (Å²) < 4.78 is 3.67. The van der Waals surface area contributed by atoms with Crippen molar-refractivity contribution in [2.24, 2.45) is 0 Å². The fraction of sp³-hybridized carbons (Fsp3) is 0.304. The van der Waals surface area contributed by atoms with E-state index in [1.54, 1.807) is 0 Å². The van der Waals surface area contributed by atoms with Gasteiger partial charge in [-0.05, 0) is 109 Å². The Hall–Kier alpha value is -6.79. The number of hydrogen-bond acceptors (Lipinski definition) is 2. The maximum absolute atomic E-state index is 5.05. The summed E-state index contributed by atoms with van der Waals surface area (Å²) in [5.74, 6) is 0.925. The van der Waals surface area contributed by atoms with E-state index in [4.69, 9.17) is 4.98 Å². The molecule has 0 spiro atoms. The maximum atomic E-state index is 5.05. The summed E-state index contributed by atoms with van der Waals surface area (Å²) in [5.41, 5.74) is 19.9. The van der Waals surface area contributed by atoms with Gasteiger partial charge in [-0.15, -0.1) is 0 Å². The summed E-state index contributed by atoms with van der Waals surface area (Å²) in [6, 6.07) is 62.4. The Morgan fingerprint density at radius 1 is 0.446 bits per heavy atom. The zero-order chi connectivity index (χ0) is 52.5. The van der Waals surface area contributed by atoms with E-state index in [1.807, 2.05) is 6.20 Å². The molecule has 2 atom stereocenters. The predicted molar refractivity (Wildman–Crippen MR) is 317 cm³/mol. The van der Waals surface area contributed by atoms with Crippen molar-refractivity contribution >= 4 is 61.6 Å². The van der Waals surface area contributed by atoms with Crippen LogP contribution < -0.4 is 13.9 Å². The van der Waals surface area contributed by atoms with Crippen molar-refractivity contribution in [2.75, 3.05) is 11.6 Å². The average Bonchev–Trinajstić information content (AvgIpc) is 4.07. The van der Waals surface area contributed by atoms with Crippen LogP contribution in [0.2, 0.25) is 0 Å². The minimum Gasteiger partial charge on any atom is -0.310 e. The molecule has 3 aliphatic rings. The van der Waals surface area contributed by atoms with Crippen LogP contribution in [0.3, 0.4) is 0 Å². The molecule has 12 rings (SSSR count). The minimum atomic E-state index is -0.154. The van der Waals surface area contributed by atoms with Gasteiger partial charge in [-0.25, -0.2) is 4.98 Å². The zero-order valence-electron chi connectivity index (χ0n) is 46.7. The fourth-order valence-electron chi connectivity index (χ4n) is 11.8. The van der Waals surface area contributed by atoms with E-state index in [2.05, 4.69) is 284 Å². The topological polar surface area (TPSA) is 21.1 Å². The summed E-state index contributed by atoms with van der Waals surface area (Å²) in [6.07, 6.45) is 1.97. The van der Waals surface area contributed by atoms with Crippen molar-refractivity contribution in [3.05, 3.63) is 204 Å². The number of hydrogen-bond donors (Lipinski definition) is 0. The Morgan fingerprint density at radius 3 is 1.70 bits per heavy atom. The lowest BCUT2D eigenvalue weighted by Crippen LogP contribution is -2.68. The summed E-state index contributed by atoms with van der Waals surface area (Å²) in [6.45, 7) is 38.6. The molecule has 376 valence electrons. The Kier molecular flexibility index (Phi) is 11.3. The third kappa shape index (κ3) is 8.10. The molecule has 1 saturated heterocycles. The van der Waals surface area contributed by atoms with Gasteiger partial charge >= 0.3 is 0 Å². The van der Waals surface area contributed by atoms with Gasteiger partial charge in [0.1, 0.15) is 17.2 Å². The van der Waals surface area contributed by atoms with Crippen molar-refractivity contribution in [2.45, 2.75) is 131 Å². The third-order valence-corrected chi connectivity index (χ3v) is 16.1. The van der Waals surface area contributed by atoms with Gasteiger partial charge in [0.15, 0.2) is 18.0 Å². The van der Waals surface area contributed by atoms with Crippen LogP contribution in [-0.2, 0) is 27.1 Å². The van der Waals surface area contributed by atoms with Gasteiger partial charge in [-0.3, -0.25) is 13.5 Å². The second-order valence-electron chi connectivity index (χ2n) is 26.6. The highest BCUT2D eigenvalue weighted by Gasteiger charge is 2.65. The molecule has 0 N–H and O–H groups in total. The second kappa shape index (κ2) is 16.9. The lowest BCUT2D eigenvalue weighted by molar-refractivity contribution is 0.185. The van der Waals surface area contributed by atoms with Gasteiger partial charge in [0, 0.05) is 63.7 Å². The van der Waals surface area contributed by atoms with Gasteiger partial charge in [0.25, 0.3) is 0 Å². The van der Waals surface area contributed by atoms with Crippen LogP contribution in [0.4, 0.5) is 39.8 Å². The van der Waals surface area contributed by atoms with Crippen LogP contribution >= 0.6 is 0 Å². The standard InChI is InChI=1S/C69H76N5/c1-65(2,3)47-24-21-23-46(37-47)55-28-22-30-61-64(55)73(54-39-49(67(7,8)9)38-50(40-54)68(10,11)12)44-74(61,45-73)62-43-53(32-34-58(62)69(13,14)15)71(51-25-17-16-18-26-51)52-31-33-57-56-27-19-20-29-59(56)72(60(57)42-52)63-41-48(35-36-70-63)66(4,5)6/h16-44H,45H2,1-15H3/q+1/t73-,74-/m0/s1. The first-order chi connectivity index (χ1) is 34.8. The lowest BCUT2D eigenvalue weighted by Gasteiger charge is -2.57. The van der Waals surface area contributed by atoms with Gasteiger partial charge in [-0.1, -0.05) is 189 Å². The first-order valence-corrected chi connectivity index (χ1v) is 26.8. The normalized spacial score (nSPS) is 17.9. The number of rotatable bonds is 7. The third-order valence-electron chi connectivity index (χ3n) is 16.1.